The first-order valence-electron chi connectivity index (χ1n) is 7.00. The van der Waals surface area contributed by atoms with E-state index >= 15 is 0 Å². The number of anilines is 1. The standard InChI is InChI=1S/C16H17N5O2/c1-9-6-11(10-4-5-14(22-2)15(7-10)23-3)12(8-13(9)17)16-18-20-21-19-16/h4-8H,17H2,1-3H3,(H,18,19,20,21). The van der Waals surface area contributed by atoms with Gasteiger partial charge in [-0.1, -0.05) is 6.07 Å². The molecule has 3 aromatic rings. The Bertz CT molecular complexity index is 831. The fraction of sp³-hybridized carbons (Fsp3) is 0.188. The van der Waals surface area contributed by atoms with Crippen molar-refractivity contribution in [2.45, 2.75) is 6.92 Å². The summed E-state index contributed by atoms with van der Waals surface area (Å²) in [6.45, 7) is 1.96. The lowest BCUT2D eigenvalue weighted by atomic mass is 9.95. The molecule has 7 nitrogen and oxygen atoms in total. The van der Waals surface area contributed by atoms with Gasteiger partial charge in [0.2, 0.25) is 0 Å². The molecule has 1 heterocycles. The van der Waals surface area contributed by atoms with Gasteiger partial charge in [0.05, 0.1) is 14.2 Å². The van der Waals surface area contributed by atoms with Crippen molar-refractivity contribution in [2.75, 3.05) is 20.0 Å². The minimum absolute atomic E-state index is 0.557. The van der Waals surface area contributed by atoms with Gasteiger partial charge in [-0.2, -0.15) is 0 Å². The van der Waals surface area contributed by atoms with Crippen molar-refractivity contribution in [3.05, 3.63) is 35.9 Å². The number of ether oxygens (including phenoxy) is 2. The second-order valence-corrected chi connectivity index (χ2v) is 5.07. The molecule has 0 aliphatic heterocycles. The fourth-order valence-corrected chi connectivity index (χ4v) is 2.44. The Morgan fingerprint density at radius 1 is 1.00 bits per heavy atom. The van der Waals surface area contributed by atoms with Crippen LogP contribution in [0.4, 0.5) is 5.69 Å². The number of benzene rings is 2. The molecule has 0 saturated carbocycles. The Hall–Kier alpha value is -3.09. The fourth-order valence-electron chi connectivity index (χ4n) is 2.44. The third-order valence-electron chi connectivity index (χ3n) is 3.70. The summed E-state index contributed by atoms with van der Waals surface area (Å²) in [7, 11) is 3.22. The highest BCUT2D eigenvalue weighted by Crippen LogP contribution is 2.37. The predicted octanol–water partition coefficient (Wildman–Crippen LogP) is 2.44. The van der Waals surface area contributed by atoms with E-state index in [0.29, 0.717) is 23.0 Å². The molecule has 0 bridgehead atoms. The number of nitrogens with one attached hydrogen (secondary N) is 1. The molecule has 3 rings (SSSR count). The molecule has 118 valence electrons. The summed E-state index contributed by atoms with van der Waals surface area (Å²) in [6.07, 6.45) is 0. The van der Waals surface area contributed by atoms with Crippen molar-refractivity contribution in [3.8, 4) is 34.0 Å². The van der Waals surface area contributed by atoms with E-state index < -0.39 is 0 Å². The number of nitrogens with two attached hydrogens (primary N) is 1. The summed E-state index contributed by atoms with van der Waals surface area (Å²) in [4.78, 5) is 0. The van der Waals surface area contributed by atoms with Crippen molar-refractivity contribution in [1.29, 1.82) is 0 Å². The lowest BCUT2D eigenvalue weighted by Gasteiger charge is -2.13. The van der Waals surface area contributed by atoms with Crippen molar-refractivity contribution in [3.63, 3.8) is 0 Å². The van der Waals surface area contributed by atoms with Gasteiger partial charge in [0.25, 0.3) is 0 Å². The number of aromatic nitrogens is 4. The van der Waals surface area contributed by atoms with Gasteiger partial charge in [0.15, 0.2) is 17.3 Å². The van der Waals surface area contributed by atoms with Gasteiger partial charge in [-0.3, -0.25) is 0 Å². The third-order valence-corrected chi connectivity index (χ3v) is 3.70. The zero-order valence-corrected chi connectivity index (χ0v) is 13.1. The van der Waals surface area contributed by atoms with Crippen LogP contribution in [-0.2, 0) is 0 Å². The molecule has 7 heteroatoms. The van der Waals surface area contributed by atoms with E-state index in [1.807, 2.05) is 37.3 Å². The molecule has 0 atom stereocenters. The van der Waals surface area contributed by atoms with Crippen LogP contribution in [0.2, 0.25) is 0 Å². The van der Waals surface area contributed by atoms with E-state index in [1.54, 1.807) is 14.2 Å². The predicted molar refractivity (Wildman–Crippen MR) is 87.3 cm³/mol. The maximum atomic E-state index is 6.05. The Balaban J connectivity index is 2.21. The molecule has 1 aromatic heterocycles. The minimum Gasteiger partial charge on any atom is -0.493 e. The molecule has 0 saturated heterocycles. The van der Waals surface area contributed by atoms with Crippen molar-refractivity contribution >= 4 is 5.69 Å². The van der Waals surface area contributed by atoms with E-state index in [4.69, 9.17) is 15.2 Å². The van der Waals surface area contributed by atoms with Crippen molar-refractivity contribution < 1.29 is 9.47 Å². The first-order chi connectivity index (χ1) is 11.1. The number of nitrogens with zero attached hydrogens (tertiary/aromatic N) is 3. The number of aryl methyl sites for hydroxylation is 1. The third kappa shape index (κ3) is 2.68. The number of H-pyrrole nitrogens is 1. The average molecular weight is 311 g/mol. The first kappa shape index (κ1) is 14.8. The highest BCUT2D eigenvalue weighted by atomic mass is 16.5. The SMILES string of the molecule is COc1ccc(-c2cc(C)c(N)cc2-c2nnn[nH]2)cc1OC. The Kier molecular flexibility index (Phi) is 3.84. The maximum Gasteiger partial charge on any atom is 0.180 e. The van der Waals surface area contributed by atoms with Gasteiger partial charge >= 0.3 is 0 Å². The van der Waals surface area contributed by atoms with Gasteiger partial charge in [-0.05, 0) is 58.3 Å². The smallest absolute Gasteiger partial charge is 0.180 e. The average Bonchev–Trinajstić information content (AvgIpc) is 3.10. The largest absolute Gasteiger partial charge is 0.493 e. The number of methoxy groups -OCH3 is 2. The van der Waals surface area contributed by atoms with Gasteiger partial charge in [-0.15, -0.1) is 5.10 Å². The summed E-state index contributed by atoms with van der Waals surface area (Å²) >= 11 is 0. The molecular weight excluding hydrogens is 294 g/mol. The Morgan fingerprint density at radius 2 is 1.78 bits per heavy atom. The molecule has 2 aromatic carbocycles. The zero-order chi connectivity index (χ0) is 16.4. The van der Waals surface area contributed by atoms with Crippen molar-refractivity contribution in [1.82, 2.24) is 20.6 Å². The van der Waals surface area contributed by atoms with Crippen LogP contribution < -0.4 is 15.2 Å². The number of rotatable bonds is 4. The number of tetrazole rings is 1. The summed E-state index contributed by atoms with van der Waals surface area (Å²) in [5, 5.41) is 14.0. The van der Waals surface area contributed by atoms with E-state index in [0.717, 1.165) is 22.3 Å². The second-order valence-electron chi connectivity index (χ2n) is 5.07. The zero-order valence-electron chi connectivity index (χ0n) is 13.1. The summed E-state index contributed by atoms with van der Waals surface area (Å²) in [5.41, 5.74) is 10.4. The topological polar surface area (TPSA) is 98.9 Å². The van der Waals surface area contributed by atoms with Crippen LogP contribution in [0.1, 0.15) is 5.56 Å². The van der Waals surface area contributed by atoms with Crippen LogP contribution in [-0.4, -0.2) is 34.8 Å². The van der Waals surface area contributed by atoms with E-state index in [-0.39, 0.29) is 0 Å². The van der Waals surface area contributed by atoms with E-state index in [1.165, 1.54) is 0 Å². The van der Waals surface area contributed by atoms with Crippen LogP contribution in [0, 0.1) is 6.92 Å². The molecule has 23 heavy (non-hydrogen) atoms. The summed E-state index contributed by atoms with van der Waals surface area (Å²) in [5.74, 6) is 1.88. The van der Waals surface area contributed by atoms with Crippen molar-refractivity contribution in [2.24, 2.45) is 0 Å². The van der Waals surface area contributed by atoms with E-state index in [2.05, 4.69) is 20.6 Å². The second kappa shape index (κ2) is 5.96. The lowest BCUT2D eigenvalue weighted by molar-refractivity contribution is 0.355. The van der Waals surface area contributed by atoms with E-state index in [9.17, 15) is 0 Å². The molecule has 0 spiro atoms. The van der Waals surface area contributed by atoms with Crippen LogP contribution in [0.25, 0.3) is 22.5 Å². The highest BCUT2D eigenvalue weighted by Gasteiger charge is 2.15. The first-order valence-corrected chi connectivity index (χ1v) is 7.00. The molecular formula is C16H17N5O2. The van der Waals surface area contributed by atoms with Gasteiger partial charge in [-0.25, -0.2) is 5.10 Å². The molecule has 3 N–H and O–H groups in total. The number of nitrogen functional groups attached to an aromatic ring is 1. The number of aromatic amines is 1. The molecule has 0 fully saturated rings. The maximum absolute atomic E-state index is 6.05. The summed E-state index contributed by atoms with van der Waals surface area (Å²) < 4.78 is 10.7. The van der Waals surface area contributed by atoms with Crippen LogP contribution in [0.3, 0.4) is 0 Å². The Labute approximate surface area is 133 Å². The Morgan fingerprint density at radius 3 is 2.43 bits per heavy atom. The monoisotopic (exact) mass is 311 g/mol. The number of hydrogen-bond donors (Lipinski definition) is 2. The molecule has 0 unspecified atom stereocenters. The normalized spacial score (nSPS) is 10.6. The quantitative estimate of drug-likeness (QED) is 0.718. The summed E-state index contributed by atoms with van der Waals surface area (Å²) in [6, 6.07) is 9.61. The van der Waals surface area contributed by atoms with Gasteiger partial charge in [0.1, 0.15) is 0 Å². The van der Waals surface area contributed by atoms with Crippen LogP contribution in [0.15, 0.2) is 30.3 Å². The lowest BCUT2D eigenvalue weighted by Crippen LogP contribution is -1.96. The number of hydrogen-bond acceptors (Lipinski definition) is 6. The van der Waals surface area contributed by atoms with Gasteiger partial charge in [0, 0.05) is 11.3 Å². The molecule has 0 aliphatic carbocycles. The molecule has 0 aliphatic rings. The highest BCUT2D eigenvalue weighted by molar-refractivity contribution is 5.84. The molecule has 0 amide bonds. The van der Waals surface area contributed by atoms with Crippen LogP contribution in [0.5, 0.6) is 11.5 Å². The van der Waals surface area contributed by atoms with Crippen LogP contribution >= 0.6 is 0 Å². The minimum atomic E-state index is 0.557. The molecule has 0 radical (unpaired) electrons. The van der Waals surface area contributed by atoms with Gasteiger partial charge < -0.3 is 15.2 Å².